The molecule has 0 amide bonds. The number of aryl methyl sites for hydroxylation is 6. The van der Waals surface area contributed by atoms with Gasteiger partial charge in [0.15, 0.2) is 11.2 Å². The summed E-state index contributed by atoms with van der Waals surface area (Å²) >= 11 is 5.76. The molecule has 632 valence electrons. The van der Waals surface area contributed by atoms with Crippen LogP contribution in [0.2, 0.25) is 5.02 Å². The quantitative estimate of drug-likeness (QED) is 0.101. The fourth-order valence-electron chi connectivity index (χ4n) is 14.2. The average Bonchev–Trinajstić information content (AvgIpc) is 1.62. The fraction of sp³-hybridized carbons (Fsp3) is 0.139. The highest BCUT2D eigenvalue weighted by Gasteiger charge is 2.23. The lowest BCUT2D eigenvalue weighted by molar-refractivity contribution is 0.527. The lowest BCUT2D eigenvalue weighted by atomic mass is 10.1. The zero-order chi connectivity index (χ0) is 89.6. The number of allylic oxidation sites excluding steroid dienone is 4. The molecule has 22 rings (SSSR count). The van der Waals surface area contributed by atoms with Crippen molar-refractivity contribution < 1.29 is 48.5 Å². The third-order valence-electron chi connectivity index (χ3n) is 20.1. The number of hydrogen-bond acceptors (Lipinski definition) is 21. The number of aromatic nitrogens is 5. The highest BCUT2D eigenvalue weighted by atomic mass is 35.5. The van der Waals surface area contributed by atoms with Gasteiger partial charge in [0.1, 0.15) is 56.2 Å². The van der Waals surface area contributed by atoms with E-state index in [-0.39, 0.29) is 45.4 Å². The van der Waals surface area contributed by atoms with Gasteiger partial charge in [-0.3, -0.25) is 9.97 Å². The standard InChI is InChI=1S/C13H9FO2.C13H10O2.C12H8FNO2.C12H9NO2.C10H7ClO2.C10H8O2.C9H6FNO2.C9H7NO2.C7H8.C6H7N/c1-7-4-9-10-6-8(14)2-3-12(10)16-13(15)11(9)5-7;1-8-6-10-9-4-2-3-5-12(9)15-13(14)11(10)7-8;1-6-4-7-8(5-6)12(15)16-9-2-3-10(13)14-11(7)9;1-7-5-8-9(6-7)12(14)15-10-3-2-4-13-11(8)10;1-6-4-10(12)13-9-5-7(11)2-3-8(6)9;1-7-6-10(11)12-9-5-3-2-4-8(7)9;1-5-7-4-6(10)2-3-8(7)13-9(12)11-5;1-6-7-4-2-3-5-8(7)12-9(11)10-6;1-7-5-3-2-4-6-7;1-6-4-2-3-5-7-6/h2-3,5-6H,4H2,1H3;2-5,7H,6H2,1H3;2-3,5H,4H2,1H3;2-4,6H,5H2,1H3;2-5H,1H3;2-6H,1H3;2-4H,1H3;2-5H,1H3;2-6H,1H3;2-5H,1H3. The van der Waals surface area contributed by atoms with Gasteiger partial charge in [-0.15, -0.1) is 0 Å². The molecule has 18 aromatic rings. The Labute approximate surface area is 719 Å². The highest BCUT2D eigenvalue weighted by Crippen LogP contribution is 2.33. The summed E-state index contributed by atoms with van der Waals surface area (Å²) in [5.74, 6) is -2.43. The number of halogens is 4. The molecule has 0 saturated heterocycles. The normalized spacial score (nSPS) is 12.0. The van der Waals surface area contributed by atoms with Gasteiger partial charge in [-0.1, -0.05) is 124 Å². The zero-order valence-electron chi connectivity index (χ0n) is 69.8. The molecule has 4 aliphatic rings. The summed E-state index contributed by atoms with van der Waals surface area (Å²) in [5.41, 5.74) is 19.8. The van der Waals surface area contributed by atoms with Crippen LogP contribution in [0.3, 0.4) is 0 Å². The first-order valence-electron chi connectivity index (χ1n) is 39.5. The first kappa shape index (κ1) is 88.4. The van der Waals surface area contributed by atoms with E-state index in [0.717, 1.165) is 95.7 Å². The largest absolute Gasteiger partial charge is 0.439 e. The van der Waals surface area contributed by atoms with Crippen LogP contribution in [0.25, 0.3) is 112 Å². The lowest BCUT2D eigenvalue weighted by Gasteiger charge is -2.03. The van der Waals surface area contributed by atoms with Crippen LogP contribution in [0.1, 0.15) is 106 Å². The Bertz CT molecular complexity index is 7520. The Morgan fingerprint density at radius 1 is 0.302 bits per heavy atom. The second-order valence-electron chi connectivity index (χ2n) is 29.8. The van der Waals surface area contributed by atoms with Crippen molar-refractivity contribution in [3.05, 3.63) is 432 Å². The van der Waals surface area contributed by atoms with Crippen molar-refractivity contribution in [2.24, 2.45) is 0 Å². The van der Waals surface area contributed by atoms with Crippen LogP contribution < -0.4 is 45.3 Å². The zero-order valence-corrected chi connectivity index (χ0v) is 70.5. The lowest BCUT2D eigenvalue weighted by Crippen LogP contribution is -2.06. The maximum Gasteiger partial charge on any atom is 0.439 e. The van der Waals surface area contributed by atoms with Gasteiger partial charge in [-0.05, 0) is 251 Å². The minimum absolute atomic E-state index is 0.222. The van der Waals surface area contributed by atoms with Gasteiger partial charge in [-0.25, -0.2) is 52.1 Å². The molecule has 7 aromatic carbocycles. The summed E-state index contributed by atoms with van der Waals surface area (Å²) in [6.07, 6.45) is 13.9. The van der Waals surface area contributed by atoms with Crippen LogP contribution in [0.15, 0.2) is 321 Å². The summed E-state index contributed by atoms with van der Waals surface area (Å²) in [5, 5.41) is 5.65. The number of nitrogens with zero attached hydrogens (tertiary/aromatic N) is 5. The Morgan fingerprint density at radius 3 is 1.22 bits per heavy atom. The van der Waals surface area contributed by atoms with Crippen LogP contribution in [0, 0.1) is 59.1 Å². The SMILES string of the molecule is CC1=Cc2c(c3cc(F)ccc3oc2=O)C1.CC1=Cc2c(c3ccccc3oc2=O)C1.CC1=Cc2c(c3nc(F)ccc3oc2=O)C1.CC1=Cc2c(c3ncccc3oc2=O)C1.Cc1cc(=O)oc2cc(Cl)ccc12.Cc1cc(=O)oc2ccccc12.Cc1ccccc1.Cc1ccccn1.Cc1nc(=O)oc2ccc(F)cc12.Cc1nc(=O)oc2ccccc12. The van der Waals surface area contributed by atoms with Crippen molar-refractivity contribution >= 4 is 124 Å². The van der Waals surface area contributed by atoms with E-state index in [1.165, 1.54) is 77.4 Å². The number of para-hydroxylation sites is 3. The number of fused-ring (bicyclic) bond motifs is 16. The number of hydrogen-bond donors (Lipinski definition) is 0. The predicted octanol–water partition coefficient (Wildman–Crippen LogP) is 21.5. The Hall–Kier alpha value is -15.4. The number of benzene rings is 7. The molecule has 0 spiro atoms. The summed E-state index contributed by atoms with van der Waals surface area (Å²) < 4.78 is 79.3. The van der Waals surface area contributed by atoms with E-state index in [9.17, 15) is 51.5 Å². The molecule has 0 atom stereocenters. The van der Waals surface area contributed by atoms with Crippen LogP contribution in [-0.2, 0) is 25.7 Å². The topological polar surface area (TPSA) is 306 Å². The van der Waals surface area contributed by atoms with Gasteiger partial charge in [0.05, 0.1) is 33.6 Å². The molecule has 25 heteroatoms. The average molecular weight is 1710 g/mol. The maximum atomic E-state index is 13.2. The third-order valence-corrected chi connectivity index (χ3v) is 20.3. The summed E-state index contributed by atoms with van der Waals surface area (Å²) in [4.78, 5) is 109. The van der Waals surface area contributed by atoms with Gasteiger partial charge in [-0.2, -0.15) is 14.4 Å². The molecule has 11 heterocycles. The molecule has 0 bridgehead atoms. The molecular formula is C101H79ClF3N5O16. The Kier molecular flexibility index (Phi) is 27.8. The van der Waals surface area contributed by atoms with Gasteiger partial charge in [0.25, 0.3) is 0 Å². The van der Waals surface area contributed by atoms with Crippen LogP contribution in [-0.4, -0.2) is 24.9 Å². The van der Waals surface area contributed by atoms with Crippen LogP contribution in [0.4, 0.5) is 13.2 Å². The second kappa shape index (κ2) is 39.6. The van der Waals surface area contributed by atoms with Crippen molar-refractivity contribution in [2.45, 2.75) is 94.9 Å². The first-order valence-corrected chi connectivity index (χ1v) is 39.9. The van der Waals surface area contributed by atoms with Crippen molar-refractivity contribution in [1.82, 2.24) is 24.9 Å². The molecule has 0 aliphatic heterocycles. The van der Waals surface area contributed by atoms with Crippen molar-refractivity contribution in [1.29, 1.82) is 0 Å². The molecule has 0 radical (unpaired) electrons. The Morgan fingerprint density at radius 2 is 0.698 bits per heavy atom. The van der Waals surface area contributed by atoms with Crippen molar-refractivity contribution in [3.63, 3.8) is 0 Å². The molecule has 11 aromatic heterocycles. The van der Waals surface area contributed by atoms with E-state index in [1.807, 2.05) is 170 Å². The maximum absolute atomic E-state index is 13.2. The summed E-state index contributed by atoms with van der Waals surface area (Å²) in [6.45, 7) is 19.2. The molecule has 0 N–H and O–H groups in total. The van der Waals surface area contributed by atoms with E-state index in [0.29, 0.717) is 107 Å². The Balaban J connectivity index is 0.000000121. The van der Waals surface area contributed by atoms with E-state index >= 15 is 0 Å². The molecular weight excluding hydrogens is 1630 g/mol. The third kappa shape index (κ3) is 21.7. The monoisotopic (exact) mass is 1710 g/mol. The van der Waals surface area contributed by atoms with Gasteiger partial charge in [0, 0.05) is 84.8 Å². The molecule has 0 unspecified atom stereocenters. The van der Waals surface area contributed by atoms with Crippen LogP contribution in [0.5, 0.6) is 0 Å². The minimum Gasteiger partial charge on any atom is -0.423 e. The van der Waals surface area contributed by atoms with E-state index in [4.69, 9.17) is 46.9 Å². The second-order valence-corrected chi connectivity index (χ2v) is 30.2. The van der Waals surface area contributed by atoms with Gasteiger partial charge >= 0.3 is 45.3 Å². The van der Waals surface area contributed by atoms with Gasteiger partial charge in [0.2, 0.25) is 5.95 Å². The smallest absolute Gasteiger partial charge is 0.423 e. The predicted molar refractivity (Wildman–Crippen MR) is 484 cm³/mol. The first-order chi connectivity index (χ1) is 60.5. The van der Waals surface area contributed by atoms with Crippen molar-refractivity contribution in [2.75, 3.05) is 0 Å². The number of rotatable bonds is 0. The molecule has 126 heavy (non-hydrogen) atoms. The van der Waals surface area contributed by atoms with Crippen LogP contribution >= 0.6 is 11.6 Å². The summed E-state index contributed by atoms with van der Waals surface area (Å²) in [6, 6.07) is 61.2. The van der Waals surface area contributed by atoms with Gasteiger partial charge < -0.3 is 35.3 Å². The minimum atomic E-state index is -0.656. The fourth-order valence-corrected chi connectivity index (χ4v) is 14.4. The highest BCUT2D eigenvalue weighted by molar-refractivity contribution is 6.31. The van der Waals surface area contributed by atoms with E-state index < -0.39 is 17.5 Å². The van der Waals surface area contributed by atoms with E-state index in [1.54, 1.807) is 68.7 Å². The van der Waals surface area contributed by atoms with E-state index in [2.05, 4.69) is 44.0 Å². The molecule has 0 saturated carbocycles. The molecule has 21 nitrogen and oxygen atoms in total. The van der Waals surface area contributed by atoms with Crippen molar-refractivity contribution in [3.8, 4) is 0 Å². The number of pyridine rings is 3. The summed E-state index contributed by atoms with van der Waals surface area (Å²) in [7, 11) is 0. The molecule has 0 fully saturated rings. The molecule has 4 aliphatic carbocycles.